The second-order valence-electron chi connectivity index (χ2n) is 7.86. The van der Waals surface area contributed by atoms with Crippen molar-refractivity contribution in [2.45, 2.75) is 39.8 Å². The zero-order valence-corrected chi connectivity index (χ0v) is 18.6. The van der Waals surface area contributed by atoms with E-state index >= 15 is 0 Å². The van der Waals surface area contributed by atoms with Gasteiger partial charge in [0.15, 0.2) is 5.58 Å². The second kappa shape index (κ2) is 9.18. The van der Waals surface area contributed by atoms with Gasteiger partial charge in [0.1, 0.15) is 11.4 Å². The van der Waals surface area contributed by atoms with Gasteiger partial charge >= 0.3 is 6.09 Å². The molecule has 0 aliphatic carbocycles. The number of aliphatic imine (C=N–C) groups is 1. The highest BCUT2D eigenvalue weighted by Gasteiger charge is 2.17. The van der Waals surface area contributed by atoms with Crippen molar-refractivity contribution in [2.75, 3.05) is 14.1 Å². The highest BCUT2D eigenvalue weighted by molar-refractivity contribution is 6.35. The number of alkyl carbamates (subject to hydrolysis) is 1. The number of hydrogen-bond acceptors (Lipinski definition) is 5. The van der Waals surface area contributed by atoms with Crippen LogP contribution < -0.4 is 5.32 Å². The molecule has 0 radical (unpaired) electrons. The maximum absolute atomic E-state index is 11.8. The number of ether oxygens (including phenoxy) is 1. The van der Waals surface area contributed by atoms with Gasteiger partial charge in [-0.2, -0.15) is 0 Å². The van der Waals surface area contributed by atoms with Crippen LogP contribution >= 0.6 is 11.6 Å². The molecule has 0 atom stereocenters. The lowest BCUT2D eigenvalue weighted by atomic mass is 10.1. The molecule has 0 saturated heterocycles. The number of allylic oxidation sites excluding steroid dienone is 3. The molecule has 2 rings (SSSR count). The average Bonchev–Trinajstić information content (AvgIpc) is 3.02. The summed E-state index contributed by atoms with van der Waals surface area (Å²) in [4.78, 5) is 18.0. The molecule has 0 fully saturated rings. The highest BCUT2D eigenvalue weighted by atomic mass is 35.5. The lowest BCUT2D eigenvalue weighted by Gasteiger charge is -2.19. The summed E-state index contributed by atoms with van der Waals surface area (Å²) in [6.07, 6.45) is 3.35. The normalized spacial score (nSPS) is 12.8. The van der Waals surface area contributed by atoms with E-state index in [2.05, 4.69) is 17.0 Å². The number of rotatable bonds is 6. The van der Waals surface area contributed by atoms with Crippen LogP contribution in [0.5, 0.6) is 0 Å². The Morgan fingerprint density at radius 1 is 1.31 bits per heavy atom. The number of nitrogens with zero attached hydrogens (tertiary/aromatic N) is 2. The van der Waals surface area contributed by atoms with E-state index in [1.54, 1.807) is 6.07 Å². The van der Waals surface area contributed by atoms with Crippen molar-refractivity contribution in [1.82, 2.24) is 10.2 Å². The van der Waals surface area contributed by atoms with E-state index in [0.29, 0.717) is 22.1 Å². The van der Waals surface area contributed by atoms with Crippen molar-refractivity contribution < 1.29 is 13.9 Å². The van der Waals surface area contributed by atoms with Crippen LogP contribution in [-0.4, -0.2) is 37.4 Å². The predicted molar refractivity (Wildman–Crippen MR) is 119 cm³/mol. The molecule has 1 aromatic heterocycles. The van der Waals surface area contributed by atoms with Crippen molar-refractivity contribution in [1.29, 1.82) is 0 Å². The maximum Gasteiger partial charge on any atom is 0.408 e. The molecule has 0 aliphatic heterocycles. The summed E-state index contributed by atoms with van der Waals surface area (Å²) >= 11 is 6.42. The number of nitrogens with one attached hydrogen (secondary N) is 1. The fourth-order valence-electron chi connectivity index (χ4n) is 2.46. The molecule has 0 spiro atoms. The predicted octanol–water partition coefficient (Wildman–Crippen LogP) is 5.62. The number of carbonyl (C=O) groups excluding carboxylic acids is 1. The van der Waals surface area contributed by atoms with Gasteiger partial charge in [-0.25, -0.2) is 4.79 Å². The Hall–Kier alpha value is -2.73. The Kier molecular flexibility index (Phi) is 7.14. The van der Waals surface area contributed by atoms with Crippen LogP contribution in [0.4, 0.5) is 4.79 Å². The fourth-order valence-corrected chi connectivity index (χ4v) is 2.73. The second-order valence-corrected chi connectivity index (χ2v) is 8.26. The summed E-state index contributed by atoms with van der Waals surface area (Å²) in [6, 6.07) is 5.56. The molecule has 29 heavy (non-hydrogen) atoms. The van der Waals surface area contributed by atoms with Gasteiger partial charge in [0.25, 0.3) is 0 Å². The quantitative estimate of drug-likeness (QED) is 0.489. The molecule has 2 aromatic rings. The molecule has 1 amide bonds. The summed E-state index contributed by atoms with van der Waals surface area (Å²) in [5.74, 6) is 0.574. The topological polar surface area (TPSA) is 67.1 Å². The van der Waals surface area contributed by atoms with Crippen LogP contribution in [0.25, 0.3) is 16.7 Å². The minimum atomic E-state index is -0.560. The molecule has 0 saturated carbocycles. The number of fused-ring (bicyclic) bond motifs is 1. The molecule has 1 aromatic carbocycles. The van der Waals surface area contributed by atoms with E-state index in [1.807, 2.05) is 71.0 Å². The largest absolute Gasteiger partial charge is 0.458 e. The SMILES string of the molecule is C=N/C(=C\C=C(/C)N(C)C)c1cc(Cl)c2oc(CNC(=O)OC(C)(C)C)cc2c1. The van der Waals surface area contributed by atoms with Crippen LogP contribution in [0.2, 0.25) is 5.02 Å². The summed E-state index contributed by atoms with van der Waals surface area (Å²) in [7, 11) is 3.95. The Morgan fingerprint density at radius 3 is 2.59 bits per heavy atom. The molecular weight excluding hydrogens is 390 g/mol. The summed E-state index contributed by atoms with van der Waals surface area (Å²) in [5.41, 5.74) is 2.60. The van der Waals surface area contributed by atoms with Gasteiger partial charge in [-0.05, 0) is 64.8 Å². The van der Waals surface area contributed by atoms with Gasteiger partial charge in [-0.3, -0.25) is 4.99 Å². The fraction of sp³-hybridized carbons (Fsp3) is 0.364. The first kappa shape index (κ1) is 22.6. The van der Waals surface area contributed by atoms with E-state index in [-0.39, 0.29) is 6.54 Å². The zero-order valence-electron chi connectivity index (χ0n) is 17.8. The van der Waals surface area contributed by atoms with Gasteiger partial charge in [0, 0.05) is 30.7 Å². The molecule has 1 N–H and O–H groups in total. The lowest BCUT2D eigenvalue weighted by Crippen LogP contribution is -2.32. The van der Waals surface area contributed by atoms with Crippen molar-refractivity contribution in [3.05, 3.63) is 52.4 Å². The summed E-state index contributed by atoms with van der Waals surface area (Å²) in [6.45, 7) is 11.3. The standard InChI is InChI=1S/C22H28ClN3O3/c1-14(26(6)7)8-9-19(24-5)15-10-16-11-17(28-20(16)18(23)12-15)13-25-21(27)29-22(2,3)4/h8-12H,5,13H2,1-4,6-7H3,(H,25,27)/b14-8+,19-9-. The van der Waals surface area contributed by atoms with Crippen LogP contribution in [-0.2, 0) is 11.3 Å². The molecule has 0 bridgehead atoms. The lowest BCUT2D eigenvalue weighted by molar-refractivity contribution is 0.0520. The smallest absolute Gasteiger partial charge is 0.408 e. The summed E-state index contributed by atoms with van der Waals surface area (Å²) in [5, 5.41) is 3.96. The first-order chi connectivity index (χ1) is 13.5. The van der Waals surface area contributed by atoms with E-state index in [4.69, 9.17) is 20.8 Å². The Bertz CT molecular complexity index is 966. The number of amides is 1. The third kappa shape index (κ3) is 6.39. The maximum atomic E-state index is 11.8. The van der Waals surface area contributed by atoms with Gasteiger partial charge in [0.2, 0.25) is 0 Å². The third-order valence-corrected chi connectivity index (χ3v) is 4.36. The number of halogens is 1. The molecule has 1 heterocycles. The third-order valence-electron chi connectivity index (χ3n) is 4.08. The van der Waals surface area contributed by atoms with Gasteiger partial charge in [-0.15, -0.1) is 0 Å². The number of carbonyl (C=O) groups is 1. The van der Waals surface area contributed by atoms with Crippen molar-refractivity contribution in [2.24, 2.45) is 4.99 Å². The van der Waals surface area contributed by atoms with E-state index in [1.165, 1.54) is 0 Å². The Labute approximate surface area is 176 Å². The first-order valence-corrected chi connectivity index (χ1v) is 9.60. The number of benzene rings is 1. The average molecular weight is 418 g/mol. The minimum Gasteiger partial charge on any atom is -0.458 e. The van der Waals surface area contributed by atoms with Crippen molar-refractivity contribution >= 4 is 41.1 Å². The molecule has 0 aliphatic rings. The molecule has 7 heteroatoms. The van der Waals surface area contributed by atoms with E-state index in [9.17, 15) is 4.79 Å². The van der Waals surface area contributed by atoms with Crippen molar-refractivity contribution in [3.63, 3.8) is 0 Å². The number of hydrogen-bond donors (Lipinski definition) is 1. The minimum absolute atomic E-state index is 0.197. The molecule has 0 unspecified atom stereocenters. The molecular formula is C22H28ClN3O3. The highest BCUT2D eigenvalue weighted by Crippen LogP contribution is 2.31. The molecule has 6 nitrogen and oxygen atoms in total. The monoisotopic (exact) mass is 417 g/mol. The van der Waals surface area contributed by atoms with Crippen molar-refractivity contribution in [3.8, 4) is 0 Å². The van der Waals surface area contributed by atoms with Crippen LogP contribution in [0, 0.1) is 0 Å². The zero-order chi connectivity index (χ0) is 21.8. The van der Waals surface area contributed by atoms with E-state index < -0.39 is 11.7 Å². The van der Waals surface area contributed by atoms with Crippen LogP contribution in [0.3, 0.4) is 0 Å². The van der Waals surface area contributed by atoms with Crippen LogP contribution in [0.15, 0.2) is 45.5 Å². The Morgan fingerprint density at radius 2 is 2.00 bits per heavy atom. The first-order valence-electron chi connectivity index (χ1n) is 9.22. The molecule has 156 valence electrons. The number of furan rings is 1. The summed E-state index contributed by atoms with van der Waals surface area (Å²) < 4.78 is 11.0. The van der Waals surface area contributed by atoms with E-state index in [0.717, 1.165) is 16.6 Å². The van der Waals surface area contributed by atoms with Gasteiger partial charge in [-0.1, -0.05) is 11.6 Å². The van der Waals surface area contributed by atoms with Crippen LogP contribution in [0.1, 0.15) is 39.0 Å². The van der Waals surface area contributed by atoms with Gasteiger partial charge in [0.05, 0.1) is 17.3 Å². The Balaban J connectivity index is 2.26. The van der Waals surface area contributed by atoms with Gasteiger partial charge < -0.3 is 19.4 Å².